The number of hydrogen-bond donors (Lipinski definition) is 3. The SMILES string of the molecule is Cc1ccc(Nc2nnc(S[C@H](C)C(=O)NC(=O)NC3CCCCC3)s2)cc1. The molecular weight excluding hydrogens is 394 g/mol. The molecule has 1 aliphatic rings. The lowest BCUT2D eigenvalue weighted by molar-refractivity contribution is -0.119. The Kier molecular flexibility index (Phi) is 7.27. The fourth-order valence-electron chi connectivity index (χ4n) is 2.95. The number of thioether (sulfide) groups is 1. The molecule has 0 aliphatic heterocycles. The van der Waals surface area contributed by atoms with Gasteiger partial charge in [0.1, 0.15) is 0 Å². The van der Waals surface area contributed by atoms with Crippen LogP contribution in [0.25, 0.3) is 0 Å². The highest BCUT2D eigenvalue weighted by Crippen LogP contribution is 2.30. The number of amides is 3. The van der Waals surface area contributed by atoms with E-state index in [1.807, 2.05) is 31.2 Å². The van der Waals surface area contributed by atoms with Crippen LogP contribution in [0.15, 0.2) is 28.6 Å². The molecule has 150 valence electrons. The summed E-state index contributed by atoms with van der Waals surface area (Å²) in [5.41, 5.74) is 2.12. The average Bonchev–Trinajstić information content (AvgIpc) is 3.11. The number of carbonyl (C=O) groups is 2. The normalized spacial score (nSPS) is 15.6. The summed E-state index contributed by atoms with van der Waals surface area (Å²) in [6.07, 6.45) is 5.43. The largest absolute Gasteiger partial charge is 0.335 e. The Bertz CT molecular complexity index is 803. The first-order valence-electron chi connectivity index (χ1n) is 9.45. The maximum absolute atomic E-state index is 12.3. The lowest BCUT2D eigenvalue weighted by Crippen LogP contribution is -2.47. The molecule has 1 aromatic carbocycles. The minimum Gasteiger partial charge on any atom is -0.335 e. The molecule has 28 heavy (non-hydrogen) atoms. The van der Waals surface area contributed by atoms with Gasteiger partial charge in [0.05, 0.1) is 5.25 Å². The van der Waals surface area contributed by atoms with Gasteiger partial charge < -0.3 is 10.6 Å². The van der Waals surface area contributed by atoms with Crippen LogP contribution in [0.3, 0.4) is 0 Å². The summed E-state index contributed by atoms with van der Waals surface area (Å²) in [6, 6.07) is 7.74. The van der Waals surface area contributed by atoms with E-state index in [1.165, 1.54) is 35.1 Å². The van der Waals surface area contributed by atoms with Gasteiger partial charge >= 0.3 is 6.03 Å². The predicted octanol–water partition coefficient (Wildman–Crippen LogP) is 4.23. The van der Waals surface area contributed by atoms with E-state index >= 15 is 0 Å². The van der Waals surface area contributed by atoms with Crippen LogP contribution in [0.2, 0.25) is 0 Å². The number of aryl methyl sites for hydroxylation is 1. The van der Waals surface area contributed by atoms with Crippen molar-refractivity contribution in [3.63, 3.8) is 0 Å². The van der Waals surface area contributed by atoms with Gasteiger partial charge in [0.25, 0.3) is 0 Å². The van der Waals surface area contributed by atoms with Crippen molar-refractivity contribution in [1.82, 2.24) is 20.8 Å². The van der Waals surface area contributed by atoms with Gasteiger partial charge in [-0.2, -0.15) is 0 Å². The number of urea groups is 1. The van der Waals surface area contributed by atoms with Gasteiger partial charge in [0.15, 0.2) is 4.34 Å². The summed E-state index contributed by atoms with van der Waals surface area (Å²) in [6.45, 7) is 3.79. The van der Waals surface area contributed by atoms with Crippen molar-refractivity contribution < 1.29 is 9.59 Å². The fourth-order valence-corrected chi connectivity index (χ4v) is 4.87. The van der Waals surface area contributed by atoms with Crippen molar-refractivity contribution in [2.75, 3.05) is 5.32 Å². The highest BCUT2D eigenvalue weighted by molar-refractivity contribution is 8.02. The maximum atomic E-state index is 12.3. The minimum absolute atomic E-state index is 0.170. The molecule has 2 aromatic rings. The Morgan fingerprint density at radius 3 is 2.57 bits per heavy atom. The Morgan fingerprint density at radius 2 is 1.86 bits per heavy atom. The molecular formula is C19H25N5O2S2. The molecule has 0 bridgehead atoms. The zero-order chi connectivity index (χ0) is 19.9. The van der Waals surface area contributed by atoms with Crippen molar-refractivity contribution in [3.8, 4) is 0 Å². The molecule has 0 saturated heterocycles. The molecule has 1 fully saturated rings. The molecule has 3 amide bonds. The quantitative estimate of drug-likeness (QED) is 0.607. The van der Waals surface area contributed by atoms with E-state index in [-0.39, 0.29) is 11.9 Å². The highest BCUT2D eigenvalue weighted by atomic mass is 32.2. The van der Waals surface area contributed by atoms with E-state index in [0.717, 1.165) is 31.4 Å². The molecule has 7 nitrogen and oxygen atoms in total. The standard InChI is InChI=1S/C19H25N5O2S2/c1-12-8-10-15(11-9-12)21-18-23-24-19(28-18)27-13(2)16(25)22-17(26)20-14-6-4-3-5-7-14/h8-11,13-14H,3-7H2,1-2H3,(H,21,23)(H2,20,22,25,26)/t13-/m1/s1. The van der Waals surface area contributed by atoms with Crippen molar-refractivity contribution in [3.05, 3.63) is 29.8 Å². The van der Waals surface area contributed by atoms with Crippen molar-refractivity contribution in [2.24, 2.45) is 0 Å². The van der Waals surface area contributed by atoms with Gasteiger partial charge in [-0.1, -0.05) is 60.1 Å². The number of imide groups is 1. The molecule has 1 atom stereocenters. The van der Waals surface area contributed by atoms with Gasteiger partial charge in [0.2, 0.25) is 11.0 Å². The van der Waals surface area contributed by atoms with Crippen LogP contribution in [0.4, 0.5) is 15.6 Å². The second kappa shape index (κ2) is 9.88. The first kappa shape index (κ1) is 20.6. The van der Waals surface area contributed by atoms with Gasteiger partial charge in [0, 0.05) is 11.7 Å². The number of anilines is 2. The third-order valence-electron chi connectivity index (χ3n) is 4.53. The van der Waals surface area contributed by atoms with Gasteiger partial charge in [-0.15, -0.1) is 10.2 Å². The first-order chi connectivity index (χ1) is 13.5. The smallest absolute Gasteiger partial charge is 0.321 e. The molecule has 1 heterocycles. The van der Waals surface area contributed by atoms with E-state index in [1.54, 1.807) is 6.92 Å². The Hall–Kier alpha value is -2.13. The monoisotopic (exact) mass is 419 g/mol. The van der Waals surface area contributed by atoms with E-state index in [0.29, 0.717) is 9.47 Å². The minimum atomic E-state index is -0.447. The van der Waals surface area contributed by atoms with Crippen molar-refractivity contribution in [1.29, 1.82) is 0 Å². The van der Waals surface area contributed by atoms with Crippen molar-refractivity contribution in [2.45, 2.75) is 61.6 Å². The zero-order valence-electron chi connectivity index (χ0n) is 16.0. The topological polar surface area (TPSA) is 96.0 Å². The number of hydrogen-bond acceptors (Lipinski definition) is 7. The average molecular weight is 420 g/mol. The third kappa shape index (κ3) is 6.20. The number of aromatic nitrogens is 2. The second-order valence-corrected chi connectivity index (χ2v) is 9.49. The number of benzene rings is 1. The molecule has 3 rings (SSSR count). The molecule has 0 unspecified atom stereocenters. The van der Waals surface area contributed by atoms with Crippen LogP contribution >= 0.6 is 23.1 Å². The molecule has 9 heteroatoms. The summed E-state index contributed by atoms with van der Waals surface area (Å²) in [5.74, 6) is -0.332. The van der Waals surface area contributed by atoms with Gasteiger partial charge in [-0.3, -0.25) is 10.1 Å². The van der Waals surface area contributed by atoms with E-state index in [2.05, 4.69) is 26.1 Å². The Labute approximate surface area is 173 Å². The van der Waals surface area contributed by atoms with E-state index in [9.17, 15) is 9.59 Å². The molecule has 1 saturated carbocycles. The van der Waals surface area contributed by atoms with Crippen LogP contribution in [0.5, 0.6) is 0 Å². The van der Waals surface area contributed by atoms with Gasteiger partial charge in [-0.25, -0.2) is 4.79 Å². The number of rotatable bonds is 6. The van der Waals surface area contributed by atoms with Crippen LogP contribution < -0.4 is 16.0 Å². The summed E-state index contributed by atoms with van der Waals surface area (Å²) >= 11 is 2.66. The third-order valence-corrected chi connectivity index (χ3v) is 6.56. The second-order valence-electron chi connectivity index (χ2n) is 6.92. The first-order valence-corrected chi connectivity index (χ1v) is 11.1. The number of nitrogens with one attached hydrogen (secondary N) is 3. The van der Waals surface area contributed by atoms with Crippen molar-refractivity contribution >= 4 is 45.9 Å². The maximum Gasteiger partial charge on any atom is 0.321 e. The Morgan fingerprint density at radius 1 is 1.14 bits per heavy atom. The van der Waals surface area contributed by atoms with Crippen LogP contribution in [-0.4, -0.2) is 33.4 Å². The zero-order valence-corrected chi connectivity index (χ0v) is 17.7. The van der Waals surface area contributed by atoms with Gasteiger partial charge in [-0.05, 0) is 38.8 Å². The predicted molar refractivity (Wildman–Crippen MR) is 113 cm³/mol. The molecule has 3 N–H and O–H groups in total. The van der Waals surface area contributed by atoms with E-state index in [4.69, 9.17) is 0 Å². The molecule has 1 aliphatic carbocycles. The Balaban J connectivity index is 1.46. The molecule has 0 radical (unpaired) electrons. The highest BCUT2D eigenvalue weighted by Gasteiger charge is 2.21. The lowest BCUT2D eigenvalue weighted by atomic mass is 9.96. The van der Waals surface area contributed by atoms with E-state index < -0.39 is 11.3 Å². The summed E-state index contributed by atoms with van der Waals surface area (Å²) in [5, 5.41) is 17.0. The number of nitrogens with zero attached hydrogens (tertiary/aromatic N) is 2. The lowest BCUT2D eigenvalue weighted by Gasteiger charge is -2.22. The van der Waals surface area contributed by atoms with Crippen LogP contribution in [0, 0.1) is 6.92 Å². The molecule has 1 aromatic heterocycles. The number of carbonyl (C=O) groups excluding carboxylic acids is 2. The summed E-state index contributed by atoms with van der Waals surface area (Å²) in [7, 11) is 0. The molecule has 0 spiro atoms. The van der Waals surface area contributed by atoms with Crippen LogP contribution in [0.1, 0.15) is 44.6 Å². The summed E-state index contributed by atoms with van der Waals surface area (Å²) in [4.78, 5) is 24.3. The van der Waals surface area contributed by atoms with Crippen LogP contribution in [-0.2, 0) is 4.79 Å². The summed E-state index contributed by atoms with van der Waals surface area (Å²) < 4.78 is 0.671. The fraction of sp³-hybridized carbons (Fsp3) is 0.474.